The number of unbranched alkanes of at least 4 members (excludes halogenated alkanes) is 22. The first-order chi connectivity index (χ1) is 41.9. The molecule has 4 atom stereocenters. The van der Waals surface area contributed by atoms with Crippen molar-refractivity contribution in [3.05, 3.63) is 48.8 Å². The summed E-state index contributed by atoms with van der Waals surface area (Å²) >= 11 is 0. The highest BCUT2D eigenvalue weighted by Crippen LogP contribution is 2.22. The van der Waals surface area contributed by atoms with Crippen LogP contribution in [0.5, 0.6) is 0 Å². The fourth-order valence-electron chi connectivity index (χ4n) is 9.23. The van der Waals surface area contributed by atoms with Gasteiger partial charge in [-0.3, -0.25) is 24.0 Å². The van der Waals surface area contributed by atoms with Gasteiger partial charge in [-0.1, -0.05) is 254 Å². The van der Waals surface area contributed by atoms with Crippen LogP contribution < -0.4 is 0 Å². The summed E-state index contributed by atoms with van der Waals surface area (Å²) in [6.07, 6.45) is 46.8. The molecule has 0 saturated carbocycles. The molecule has 87 heavy (non-hydrogen) atoms. The van der Waals surface area contributed by atoms with Gasteiger partial charge in [-0.2, -0.15) is 0 Å². The lowest BCUT2D eigenvalue weighted by Crippen LogP contribution is -2.24. The van der Waals surface area contributed by atoms with E-state index in [0.29, 0.717) is 62.6 Å². The van der Waals surface area contributed by atoms with E-state index in [0.717, 1.165) is 95.7 Å². The lowest BCUT2D eigenvalue weighted by Gasteiger charge is -2.18. The van der Waals surface area contributed by atoms with Crippen molar-refractivity contribution in [1.82, 2.24) is 0 Å². The first kappa shape index (κ1) is 87.1. The predicted molar refractivity (Wildman–Crippen MR) is 362 cm³/mol. The van der Waals surface area contributed by atoms with Gasteiger partial charge in [-0.05, 0) is 81.6 Å². The van der Waals surface area contributed by atoms with Crippen molar-refractivity contribution in [2.45, 2.75) is 320 Å². The minimum absolute atomic E-state index is 0.0412. The molecule has 0 aromatic rings. The Hall–Kier alpha value is -4.06. The fourth-order valence-corrected chi connectivity index (χ4v) is 9.23. The number of ketones is 2. The molecule has 0 aromatic carbocycles. The topological polar surface area (TPSA) is 158 Å². The van der Waals surface area contributed by atoms with E-state index in [4.69, 9.17) is 28.4 Å². The Morgan fingerprint density at radius 2 is 0.862 bits per heavy atom. The molecule has 12 heteroatoms. The Balaban J connectivity index is -0.00000126. The van der Waals surface area contributed by atoms with Crippen molar-refractivity contribution in [1.29, 1.82) is 0 Å². The van der Waals surface area contributed by atoms with Crippen molar-refractivity contribution in [2.24, 2.45) is 29.6 Å². The number of allylic oxidation sites excluding steroid dienone is 6. The number of Topliss-reactive ketones (excluding diaryl/α,β-unsaturated/α-hetero) is 2. The van der Waals surface area contributed by atoms with E-state index >= 15 is 0 Å². The smallest absolute Gasteiger partial charge is 0.306 e. The molecule has 0 spiro atoms. The third-order valence-electron chi connectivity index (χ3n) is 15.3. The molecule has 0 heterocycles. The third kappa shape index (κ3) is 66.2. The molecule has 12 nitrogen and oxygen atoms in total. The Bertz CT molecular complexity index is 1700. The zero-order valence-corrected chi connectivity index (χ0v) is 58.3. The van der Waals surface area contributed by atoms with Crippen LogP contribution in [0.25, 0.3) is 0 Å². The standard InChI is InChI=1S/C29H54O6.C27H50O5.C19H32O/c1-5-7-9-11-13-15-17-27(30)24-33-22-26(21-29(32)34-20-19-25(3)4)23-35-28(31)18-16-14-12-10-8-6-2;1-5-8-10-12-14-16-18-24(4)31-22-25(21-27(29)30-20-7-3)23-32-26(28)19-17-15-13-11-9-6-2;1-6-11-19(15-14-16(3)7-2)17(4)12-9-8-10-13-18(5)20/h25-26H,5-24H2,1-4H3;25H,4-23H2,1-3H3;6,11,14-17H,1,7-10,12-13H2,2-5H3/b;;15-14-,19-11+. The Morgan fingerprint density at radius 1 is 0.437 bits per heavy atom. The summed E-state index contributed by atoms with van der Waals surface area (Å²) in [5, 5.41) is 0. The number of hydrogen-bond donors (Lipinski definition) is 0. The second-order valence-electron chi connectivity index (χ2n) is 25.0. The maximum atomic E-state index is 12.2. The zero-order valence-electron chi connectivity index (χ0n) is 58.3. The summed E-state index contributed by atoms with van der Waals surface area (Å²) in [4.78, 5) is 71.5. The highest BCUT2D eigenvalue weighted by atomic mass is 16.6. The molecule has 0 N–H and O–H groups in total. The minimum Gasteiger partial charge on any atom is -0.498 e. The van der Waals surface area contributed by atoms with Gasteiger partial charge in [0.1, 0.15) is 12.4 Å². The van der Waals surface area contributed by atoms with E-state index in [1.807, 2.05) is 13.0 Å². The van der Waals surface area contributed by atoms with E-state index in [-0.39, 0.29) is 80.8 Å². The number of rotatable bonds is 59. The predicted octanol–water partition coefficient (Wildman–Crippen LogP) is 20.6. The molecule has 0 fully saturated rings. The van der Waals surface area contributed by atoms with Gasteiger partial charge in [0.05, 0.1) is 58.2 Å². The number of esters is 4. The van der Waals surface area contributed by atoms with Gasteiger partial charge >= 0.3 is 23.9 Å². The molecule has 0 aliphatic rings. The fraction of sp³-hybridized carbons (Fsp3) is 0.813. The molecular formula is C75H136O12. The maximum absolute atomic E-state index is 12.2. The van der Waals surface area contributed by atoms with Gasteiger partial charge in [0.25, 0.3) is 0 Å². The summed E-state index contributed by atoms with van der Waals surface area (Å²) in [6, 6.07) is 0. The zero-order chi connectivity index (χ0) is 65.4. The summed E-state index contributed by atoms with van der Waals surface area (Å²) in [7, 11) is 0. The lowest BCUT2D eigenvalue weighted by molar-refractivity contribution is -0.151. The average molecular weight is 1230 g/mol. The normalized spacial score (nSPS) is 12.7. The molecule has 0 bridgehead atoms. The van der Waals surface area contributed by atoms with E-state index in [1.165, 1.54) is 128 Å². The van der Waals surface area contributed by atoms with Crippen molar-refractivity contribution < 1.29 is 57.2 Å². The van der Waals surface area contributed by atoms with E-state index in [2.05, 4.69) is 93.7 Å². The third-order valence-corrected chi connectivity index (χ3v) is 15.3. The van der Waals surface area contributed by atoms with Crippen LogP contribution in [-0.2, 0) is 57.2 Å². The van der Waals surface area contributed by atoms with Gasteiger partial charge in [-0.15, -0.1) is 0 Å². The second-order valence-corrected chi connectivity index (χ2v) is 25.0. The summed E-state index contributed by atoms with van der Waals surface area (Å²) in [5.74, 6) is 1.24. The molecule has 0 rings (SSSR count). The van der Waals surface area contributed by atoms with Crippen LogP contribution >= 0.6 is 0 Å². The van der Waals surface area contributed by atoms with Crippen molar-refractivity contribution in [3.8, 4) is 0 Å². The molecule has 0 aliphatic heterocycles. The molecule has 0 saturated heterocycles. The lowest BCUT2D eigenvalue weighted by atomic mass is 9.92. The highest BCUT2D eigenvalue weighted by Gasteiger charge is 2.21. The van der Waals surface area contributed by atoms with Crippen LogP contribution in [0.4, 0.5) is 0 Å². The van der Waals surface area contributed by atoms with Gasteiger partial charge in [0.2, 0.25) is 0 Å². The Kier molecular flexibility index (Phi) is 66.5. The van der Waals surface area contributed by atoms with Gasteiger partial charge < -0.3 is 33.2 Å². The van der Waals surface area contributed by atoms with Crippen LogP contribution in [0, 0.1) is 29.6 Å². The van der Waals surface area contributed by atoms with Gasteiger partial charge in [-0.25, -0.2) is 0 Å². The molecule has 4 unspecified atom stereocenters. The summed E-state index contributed by atoms with van der Waals surface area (Å²) < 4.78 is 32.8. The van der Waals surface area contributed by atoms with E-state index in [1.54, 1.807) is 6.92 Å². The SMILES string of the molecule is C=C(CCCCCCCC)OCC(COC(=O)CCCCCCCC)CC(=O)OCCC.C=C/C=C(\C=C/C(C)CC)C(C)CCCCCC(C)=O.CCCCCCCCC(=O)COCC(COC(=O)CCCCCCCC)CC(=O)OCCC(C)C. The molecule has 0 radical (unpaired) electrons. The van der Waals surface area contributed by atoms with Crippen molar-refractivity contribution in [2.75, 3.05) is 46.2 Å². The van der Waals surface area contributed by atoms with E-state index < -0.39 is 0 Å². The first-order valence-electron chi connectivity index (χ1n) is 35.4. The van der Waals surface area contributed by atoms with Crippen molar-refractivity contribution in [3.63, 3.8) is 0 Å². The van der Waals surface area contributed by atoms with Crippen LogP contribution in [0.15, 0.2) is 48.8 Å². The Morgan fingerprint density at radius 3 is 1.32 bits per heavy atom. The monoisotopic (exact) mass is 1230 g/mol. The first-order valence-corrected chi connectivity index (χ1v) is 35.4. The molecule has 0 amide bonds. The molecule has 0 aromatic heterocycles. The largest absolute Gasteiger partial charge is 0.498 e. The highest BCUT2D eigenvalue weighted by molar-refractivity contribution is 5.79. The quantitative estimate of drug-likeness (QED) is 0.0187. The molecule has 0 aliphatic carbocycles. The van der Waals surface area contributed by atoms with E-state index in [9.17, 15) is 28.8 Å². The van der Waals surface area contributed by atoms with Crippen LogP contribution in [0.2, 0.25) is 0 Å². The van der Waals surface area contributed by atoms with Crippen LogP contribution in [0.3, 0.4) is 0 Å². The number of hydrogen-bond acceptors (Lipinski definition) is 12. The maximum Gasteiger partial charge on any atom is 0.306 e. The molecular weight excluding hydrogens is 1090 g/mol. The summed E-state index contributed by atoms with van der Waals surface area (Å²) in [6.45, 7) is 32.8. The average Bonchev–Trinajstić information content (AvgIpc) is 3.56. The summed E-state index contributed by atoms with van der Waals surface area (Å²) in [5.41, 5.74) is 1.37. The number of carbonyl (C=O) groups excluding carboxylic acids is 6. The van der Waals surface area contributed by atoms with Gasteiger partial charge in [0.15, 0.2) is 5.78 Å². The minimum atomic E-state index is -0.315. The number of ether oxygens (including phenoxy) is 6. The van der Waals surface area contributed by atoms with Gasteiger partial charge in [0, 0.05) is 43.9 Å². The Labute approximate surface area is 535 Å². The van der Waals surface area contributed by atoms with Crippen molar-refractivity contribution >= 4 is 35.4 Å². The number of carbonyl (C=O) groups is 6. The second kappa shape index (κ2) is 66.4. The molecule has 508 valence electrons. The van der Waals surface area contributed by atoms with Crippen LogP contribution in [0.1, 0.15) is 320 Å². The van der Waals surface area contributed by atoms with Crippen LogP contribution in [-0.4, -0.2) is 81.7 Å².